The van der Waals surface area contributed by atoms with Crippen LogP contribution in [0.25, 0.3) is 0 Å². The fourth-order valence-corrected chi connectivity index (χ4v) is 5.52. The fourth-order valence-electron chi connectivity index (χ4n) is 3.82. The molecule has 1 N–H and O–H groups in total. The molecule has 0 spiro atoms. The van der Waals surface area contributed by atoms with Gasteiger partial charge in [0.15, 0.2) is 11.5 Å². The van der Waals surface area contributed by atoms with Crippen LogP contribution in [-0.2, 0) is 21.4 Å². The third kappa shape index (κ3) is 5.51. The van der Waals surface area contributed by atoms with E-state index in [-0.39, 0.29) is 23.1 Å². The summed E-state index contributed by atoms with van der Waals surface area (Å²) < 4.78 is 49.0. The van der Waals surface area contributed by atoms with Crippen molar-refractivity contribution in [3.05, 3.63) is 42.0 Å². The Morgan fingerprint density at radius 3 is 2.33 bits per heavy atom. The minimum atomic E-state index is -3.87. The van der Waals surface area contributed by atoms with Crippen molar-refractivity contribution < 1.29 is 32.2 Å². The van der Waals surface area contributed by atoms with Gasteiger partial charge in [-0.25, -0.2) is 8.42 Å². The van der Waals surface area contributed by atoms with Crippen LogP contribution < -0.4 is 24.3 Å². The van der Waals surface area contributed by atoms with Crippen LogP contribution in [0.3, 0.4) is 0 Å². The Labute approximate surface area is 194 Å². The van der Waals surface area contributed by atoms with Gasteiger partial charge in [-0.1, -0.05) is 6.07 Å². The van der Waals surface area contributed by atoms with Gasteiger partial charge in [0, 0.05) is 25.7 Å². The molecule has 33 heavy (non-hydrogen) atoms. The van der Waals surface area contributed by atoms with Gasteiger partial charge in [-0.05, 0) is 42.7 Å². The van der Waals surface area contributed by atoms with Crippen LogP contribution >= 0.6 is 0 Å². The molecule has 1 saturated heterocycles. The third-order valence-corrected chi connectivity index (χ3v) is 7.54. The van der Waals surface area contributed by atoms with Crippen molar-refractivity contribution in [2.24, 2.45) is 5.92 Å². The number of carbonyl (C=O) groups excluding carboxylic acids is 1. The molecule has 1 heterocycles. The summed E-state index contributed by atoms with van der Waals surface area (Å²) in [6.45, 7) is 0.731. The van der Waals surface area contributed by atoms with Crippen LogP contribution in [0.15, 0.2) is 41.3 Å². The normalized spacial score (nSPS) is 16.7. The zero-order valence-electron chi connectivity index (χ0n) is 19.3. The predicted octanol–water partition coefficient (Wildman–Crippen LogP) is 2.44. The molecular formula is C23H30N2O7S. The van der Waals surface area contributed by atoms with Crippen molar-refractivity contribution in [1.29, 1.82) is 0 Å². The molecule has 10 heteroatoms. The molecule has 1 amide bonds. The number of amides is 1. The summed E-state index contributed by atoms with van der Waals surface area (Å²) in [4.78, 5) is 12.9. The molecule has 0 unspecified atom stereocenters. The highest BCUT2D eigenvalue weighted by atomic mass is 32.2. The maximum Gasteiger partial charge on any atom is 0.246 e. The molecular weight excluding hydrogens is 448 g/mol. The van der Waals surface area contributed by atoms with Gasteiger partial charge in [0.2, 0.25) is 15.9 Å². The Bertz CT molecular complexity index is 1090. The Kier molecular flexibility index (Phi) is 8.04. The molecule has 0 radical (unpaired) electrons. The van der Waals surface area contributed by atoms with Crippen molar-refractivity contribution in [3.63, 3.8) is 0 Å². The Morgan fingerprint density at radius 1 is 0.970 bits per heavy atom. The standard InChI is InChI=1S/C23H30N2O7S/c1-29-18-8-10-20(31-3)22(13-18)33(27,28)25-11-5-6-17(15-25)23(26)24-14-16-7-9-19(30-2)21(12-16)32-4/h7-10,12-13,17H,5-6,11,14-15H2,1-4H3,(H,24,26)/t17-/m1/s1. The first kappa shape index (κ1) is 24.7. The summed E-state index contributed by atoms with van der Waals surface area (Å²) >= 11 is 0. The molecule has 0 aromatic heterocycles. The molecule has 2 aromatic rings. The summed E-state index contributed by atoms with van der Waals surface area (Å²) in [7, 11) is 2.13. The average molecular weight is 479 g/mol. The van der Waals surface area contributed by atoms with Crippen molar-refractivity contribution in [1.82, 2.24) is 9.62 Å². The number of benzene rings is 2. The molecule has 3 rings (SSSR count). The van der Waals surface area contributed by atoms with E-state index in [9.17, 15) is 13.2 Å². The largest absolute Gasteiger partial charge is 0.497 e. The van der Waals surface area contributed by atoms with Crippen LogP contribution in [0.4, 0.5) is 0 Å². The number of hydrogen-bond donors (Lipinski definition) is 1. The highest BCUT2D eigenvalue weighted by Gasteiger charge is 2.35. The second kappa shape index (κ2) is 10.8. The number of sulfonamides is 1. The fraction of sp³-hybridized carbons (Fsp3) is 0.435. The van der Waals surface area contributed by atoms with E-state index in [4.69, 9.17) is 18.9 Å². The lowest BCUT2D eigenvalue weighted by molar-refractivity contribution is -0.126. The zero-order chi connectivity index (χ0) is 24.0. The summed E-state index contributed by atoms with van der Waals surface area (Å²) in [5, 5.41) is 2.91. The number of nitrogens with zero attached hydrogens (tertiary/aromatic N) is 1. The number of ether oxygens (including phenoxy) is 4. The predicted molar refractivity (Wildman–Crippen MR) is 122 cm³/mol. The number of hydrogen-bond acceptors (Lipinski definition) is 7. The Morgan fingerprint density at radius 2 is 1.67 bits per heavy atom. The van der Waals surface area contributed by atoms with Crippen molar-refractivity contribution >= 4 is 15.9 Å². The van der Waals surface area contributed by atoms with Gasteiger partial charge in [-0.15, -0.1) is 0 Å². The van der Waals surface area contributed by atoms with Crippen molar-refractivity contribution in [2.45, 2.75) is 24.3 Å². The lowest BCUT2D eigenvalue weighted by Crippen LogP contribution is -2.45. The topological polar surface area (TPSA) is 103 Å². The lowest BCUT2D eigenvalue weighted by Gasteiger charge is -2.31. The van der Waals surface area contributed by atoms with E-state index < -0.39 is 15.9 Å². The molecule has 1 atom stereocenters. The zero-order valence-corrected chi connectivity index (χ0v) is 20.1. The molecule has 1 aliphatic heterocycles. The summed E-state index contributed by atoms with van der Waals surface area (Å²) in [6, 6.07) is 10.0. The number of carbonyl (C=O) groups is 1. The van der Waals surface area contributed by atoms with Crippen LogP contribution in [0.2, 0.25) is 0 Å². The maximum absolute atomic E-state index is 13.3. The van der Waals surface area contributed by atoms with Crippen LogP contribution in [0.1, 0.15) is 18.4 Å². The molecule has 1 aliphatic rings. The van der Waals surface area contributed by atoms with Gasteiger partial charge in [0.1, 0.15) is 16.4 Å². The quantitative estimate of drug-likeness (QED) is 0.590. The second-order valence-electron chi connectivity index (χ2n) is 7.63. The third-order valence-electron chi connectivity index (χ3n) is 5.66. The molecule has 0 bridgehead atoms. The van der Waals surface area contributed by atoms with E-state index in [0.717, 1.165) is 5.56 Å². The number of piperidine rings is 1. The van der Waals surface area contributed by atoms with E-state index in [0.29, 0.717) is 43.2 Å². The number of methoxy groups -OCH3 is 4. The van der Waals surface area contributed by atoms with E-state index in [1.807, 2.05) is 6.07 Å². The summed E-state index contributed by atoms with van der Waals surface area (Å²) in [5.41, 5.74) is 0.849. The molecule has 9 nitrogen and oxygen atoms in total. The second-order valence-corrected chi connectivity index (χ2v) is 9.53. The lowest BCUT2D eigenvalue weighted by atomic mass is 9.98. The van der Waals surface area contributed by atoms with Gasteiger partial charge >= 0.3 is 0 Å². The summed E-state index contributed by atoms with van der Waals surface area (Å²) in [6.07, 6.45) is 1.19. The summed E-state index contributed by atoms with van der Waals surface area (Å²) in [5.74, 6) is 1.18. The van der Waals surface area contributed by atoms with Crippen LogP contribution in [-0.4, -0.2) is 60.2 Å². The van der Waals surface area contributed by atoms with Gasteiger partial charge in [-0.2, -0.15) is 4.31 Å². The minimum absolute atomic E-state index is 0.0238. The highest BCUT2D eigenvalue weighted by Crippen LogP contribution is 2.33. The van der Waals surface area contributed by atoms with Gasteiger partial charge in [0.25, 0.3) is 0 Å². The first-order valence-corrected chi connectivity index (χ1v) is 12.0. The van der Waals surface area contributed by atoms with E-state index in [2.05, 4.69) is 5.32 Å². The molecule has 2 aromatic carbocycles. The highest BCUT2D eigenvalue weighted by molar-refractivity contribution is 7.89. The molecule has 180 valence electrons. The SMILES string of the molecule is COc1ccc(OC)c(S(=O)(=O)N2CCC[C@@H](C(=O)NCc3ccc(OC)c(OC)c3)C2)c1. The van der Waals surface area contributed by atoms with Crippen LogP contribution in [0, 0.1) is 5.92 Å². The molecule has 1 fully saturated rings. The van der Waals surface area contributed by atoms with E-state index >= 15 is 0 Å². The minimum Gasteiger partial charge on any atom is -0.497 e. The number of nitrogens with one attached hydrogen (secondary N) is 1. The first-order chi connectivity index (χ1) is 15.8. The Hall–Kier alpha value is -2.98. The maximum atomic E-state index is 13.3. The van der Waals surface area contributed by atoms with Crippen LogP contribution in [0.5, 0.6) is 23.0 Å². The van der Waals surface area contributed by atoms with E-state index in [1.54, 1.807) is 38.5 Å². The molecule has 0 saturated carbocycles. The molecule has 0 aliphatic carbocycles. The average Bonchev–Trinajstić information content (AvgIpc) is 2.86. The van der Waals surface area contributed by atoms with Crippen molar-refractivity contribution in [2.75, 3.05) is 41.5 Å². The van der Waals surface area contributed by atoms with Gasteiger partial charge < -0.3 is 24.3 Å². The van der Waals surface area contributed by atoms with E-state index in [1.165, 1.54) is 24.6 Å². The monoisotopic (exact) mass is 478 g/mol. The van der Waals surface area contributed by atoms with Crippen molar-refractivity contribution in [3.8, 4) is 23.0 Å². The number of rotatable bonds is 9. The van der Waals surface area contributed by atoms with Gasteiger partial charge in [-0.3, -0.25) is 4.79 Å². The smallest absolute Gasteiger partial charge is 0.246 e. The Balaban J connectivity index is 1.70. The first-order valence-electron chi connectivity index (χ1n) is 10.5. The van der Waals surface area contributed by atoms with Gasteiger partial charge in [0.05, 0.1) is 34.4 Å².